The monoisotopic (exact) mass is 216 g/mol. The number of nitrogens with zero attached hydrogens (tertiary/aromatic N) is 2. The van der Waals surface area contributed by atoms with Crippen molar-refractivity contribution in [2.45, 2.75) is 33.1 Å². The molecule has 0 aromatic carbocycles. The number of aryl methyl sites for hydroxylation is 1. The van der Waals surface area contributed by atoms with Gasteiger partial charge in [-0.25, -0.2) is 4.98 Å². The SMILES string of the molecule is CCC(C)c1nc2ccc(C)cn2c1C=O. The minimum Gasteiger partial charge on any atom is -0.297 e. The van der Waals surface area contributed by atoms with E-state index in [9.17, 15) is 4.79 Å². The van der Waals surface area contributed by atoms with E-state index in [1.807, 2.05) is 29.7 Å². The lowest BCUT2D eigenvalue weighted by molar-refractivity contribution is 0.111. The van der Waals surface area contributed by atoms with E-state index in [0.717, 1.165) is 29.6 Å². The molecule has 3 nitrogen and oxygen atoms in total. The molecule has 84 valence electrons. The second-order valence-electron chi connectivity index (χ2n) is 4.24. The second kappa shape index (κ2) is 4.08. The molecule has 0 spiro atoms. The van der Waals surface area contributed by atoms with Gasteiger partial charge < -0.3 is 0 Å². The number of hydrogen-bond acceptors (Lipinski definition) is 2. The van der Waals surface area contributed by atoms with E-state index in [1.54, 1.807) is 0 Å². The first-order chi connectivity index (χ1) is 7.67. The van der Waals surface area contributed by atoms with E-state index in [2.05, 4.69) is 18.8 Å². The van der Waals surface area contributed by atoms with Crippen molar-refractivity contribution in [3.8, 4) is 0 Å². The van der Waals surface area contributed by atoms with Crippen LogP contribution in [0.5, 0.6) is 0 Å². The lowest BCUT2D eigenvalue weighted by Gasteiger charge is -2.04. The summed E-state index contributed by atoms with van der Waals surface area (Å²) in [7, 11) is 0. The normalized spacial score (nSPS) is 12.9. The summed E-state index contributed by atoms with van der Waals surface area (Å²) in [5, 5.41) is 0. The van der Waals surface area contributed by atoms with Gasteiger partial charge in [0.2, 0.25) is 0 Å². The number of hydrogen-bond donors (Lipinski definition) is 0. The summed E-state index contributed by atoms with van der Waals surface area (Å²) in [6.07, 6.45) is 3.85. The lowest BCUT2D eigenvalue weighted by Crippen LogP contribution is -1.98. The Labute approximate surface area is 95.1 Å². The molecular weight excluding hydrogens is 200 g/mol. The average molecular weight is 216 g/mol. The molecule has 0 amide bonds. The molecule has 0 saturated heterocycles. The zero-order valence-corrected chi connectivity index (χ0v) is 9.90. The van der Waals surface area contributed by atoms with Crippen LogP contribution in [-0.2, 0) is 0 Å². The molecular formula is C13H16N2O. The number of aromatic nitrogens is 2. The molecule has 16 heavy (non-hydrogen) atoms. The Morgan fingerprint density at radius 2 is 2.25 bits per heavy atom. The Balaban J connectivity index is 2.71. The average Bonchev–Trinajstić information content (AvgIpc) is 2.65. The topological polar surface area (TPSA) is 34.4 Å². The molecule has 3 heteroatoms. The summed E-state index contributed by atoms with van der Waals surface area (Å²) >= 11 is 0. The summed E-state index contributed by atoms with van der Waals surface area (Å²) in [6, 6.07) is 3.96. The molecule has 1 atom stereocenters. The van der Waals surface area contributed by atoms with Gasteiger partial charge in [0.05, 0.1) is 5.69 Å². The van der Waals surface area contributed by atoms with Crippen LogP contribution in [0.2, 0.25) is 0 Å². The quantitative estimate of drug-likeness (QED) is 0.739. The largest absolute Gasteiger partial charge is 0.297 e. The fourth-order valence-electron chi connectivity index (χ4n) is 1.86. The standard InChI is InChI=1S/C13H16N2O/c1-4-10(3)13-11(8-16)15-7-9(2)5-6-12(15)14-13/h5-8,10H,4H2,1-3H3. The third-order valence-electron chi connectivity index (χ3n) is 3.02. The number of pyridine rings is 1. The minimum atomic E-state index is 0.320. The van der Waals surface area contributed by atoms with Crippen molar-refractivity contribution < 1.29 is 4.79 Å². The van der Waals surface area contributed by atoms with Crippen molar-refractivity contribution in [3.05, 3.63) is 35.3 Å². The Morgan fingerprint density at radius 1 is 1.50 bits per heavy atom. The summed E-state index contributed by atoms with van der Waals surface area (Å²) in [4.78, 5) is 15.7. The van der Waals surface area contributed by atoms with Gasteiger partial charge in [-0.1, -0.05) is 19.9 Å². The van der Waals surface area contributed by atoms with Crippen LogP contribution in [0.4, 0.5) is 0 Å². The van der Waals surface area contributed by atoms with E-state index < -0.39 is 0 Å². The highest BCUT2D eigenvalue weighted by molar-refractivity contribution is 5.76. The molecule has 0 bridgehead atoms. The molecule has 0 radical (unpaired) electrons. The lowest BCUT2D eigenvalue weighted by atomic mass is 10.0. The predicted octanol–water partition coefficient (Wildman–Crippen LogP) is 2.97. The molecule has 0 aliphatic heterocycles. The number of rotatable bonds is 3. The fraction of sp³-hybridized carbons (Fsp3) is 0.385. The summed E-state index contributed by atoms with van der Waals surface area (Å²) in [6.45, 7) is 6.22. The van der Waals surface area contributed by atoms with E-state index in [0.29, 0.717) is 11.6 Å². The molecule has 0 N–H and O–H groups in total. The molecule has 2 rings (SSSR count). The molecule has 2 aromatic heterocycles. The fourth-order valence-corrected chi connectivity index (χ4v) is 1.86. The van der Waals surface area contributed by atoms with Crippen LogP contribution in [0, 0.1) is 6.92 Å². The Morgan fingerprint density at radius 3 is 2.88 bits per heavy atom. The Hall–Kier alpha value is -1.64. The summed E-state index contributed by atoms with van der Waals surface area (Å²) < 4.78 is 1.88. The third-order valence-corrected chi connectivity index (χ3v) is 3.02. The first kappa shape index (κ1) is 10.9. The zero-order valence-electron chi connectivity index (χ0n) is 9.90. The van der Waals surface area contributed by atoms with Crippen LogP contribution >= 0.6 is 0 Å². The van der Waals surface area contributed by atoms with Crippen molar-refractivity contribution >= 4 is 11.9 Å². The number of carbonyl (C=O) groups is 1. The van der Waals surface area contributed by atoms with Gasteiger partial charge in [-0.15, -0.1) is 0 Å². The molecule has 2 heterocycles. The van der Waals surface area contributed by atoms with Gasteiger partial charge in [-0.3, -0.25) is 9.20 Å². The first-order valence-electron chi connectivity index (χ1n) is 5.61. The number of carbonyl (C=O) groups excluding carboxylic acids is 1. The number of fused-ring (bicyclic) bond motifs is 1. The second-order valence-corrected chi connectivity index (χ2v) is 4.24. The van der Waals surface area contributed by atoms with Crippen LogP contribution < -0.4 is 0 Å². The minimum absolute atomic E-state index is 0.320. The highest BCUT2D eigenvalue weighted by Gasteiger charge is 2.15. The van der Waals surface area contributed by atoms with E-state index in [1.165, 1.54) is 0 Å². The summed E-state index contributed by atoms with van der Waals surface area (Å²) in [5.74, 6) is 0.320. The number of imidazole rings is 1. The van der Waals surface area contributed by atoms with Crippen molar-refractivity contribution in [1.29, 1.82) is 0 Å². The molecule has 0 saturated carbocycles. The Bertz CT molecular complexity index is 528. The van der Waals surface area contributed by atoms with Gasteiger partial charge in [-0.05, 0) is 25.0 Å². The molecule has 1 unspecified atom stereocenters. The van der Waals surface area contributed by atoms with E-state index in [4.69, 9.17) is 0 Å². The molecule has 0 fully saturated rings. The van der Waals surface area contributed by atoms with Crippen LogP contribution in [0.15, 0.2) is 18.3 Å². The summed E-state index contributed by atoms with van der Waals surface area (Å²) in [5.41, 5.74) is 3.57. The molecule has 0 aliphatic carbocycles. The van der Waals surface area contributed by atoms with E-state index >= 15 is 0 Å². The maximum Gasteiger partial charge on any atom is 0.168 e. The molecule has 2 aromatic rings. The number of aldehydes is 1. The van der Waals surface area contributed by atoms with Crippen LogP contribution in [0.3, 0.4) is 0 Å². The van der Waals surface area contributed by atoms with Crippen molar-refractivity contribution in [2.24, 2.45) is 0 Å². The highest BCUT2D eigenvalue weighted by Crippen LogP contribution is 2.22. The maximum absolute atomic E-state index is 11.2. The van der Waals surface area contributed by atoms with Crippen LogP contribution in [-0.4, -0.2) is 15.7 Å². The van der Waals surface area contributed by atoms with Gasteiger partial charge >= 0.3 is 0 Å². The van der Waals surface area contributed by atoms with Crippen molar-refractivity contribution in [3.63, 3.8) is 0 Å². The Kier molecular flexibility index (Phi) is 2.77. The maximum atomic E-state index is 11.2. The smallest absolute Gasteiger partial charge is 0.168 e. The van der Waals surface area contributed by atoms with Gasteiger partial charge in [-0.2, -0.15) is 0 Å². The van der Waals surface area contributed by atoms with Gasteiger partial charge in [0, 0.05) is 12.1 Å². The highest BCUT2D eigenvalue weighted by atomic mass is 16.1. The van der Waals surface area contributed by atoms with Crippen molar-refractivity contribution in [1.82, 2.24) is 9.38 Å². The van der Waals surface area contributed by atoms with E-state index in [-0.39, 0.29) is 0 Å². The van der Waals surface area contributed by atoms with Crippen molar-refractivity contribution in [2.75, 3.05) is 0 Å². The third kappa shape index (κ3) is 1.62. The zero-order chi connectivity index (χ0) is 11.7. The molecule has 0 aliphatic rings. The van der Waals surface area contributed by atoms with Crippen LogP contribution in [0.1, 0.15) is 47.9 Å². The van der Waals surface area contributed by atoms with Gasteiger partial charge in [0.25, 0.3) is 0 Å². The van der Waals surface area contributed by atoms with Crippen LogP contribution in [0.25, 0.3) is 5.65 Å². The first-order valence-corrected chi connectivity index (χ1v) is 5.61. The predicted molar refractivity (Wildman–Crippen MR) is 64.0 cm³/mol. The van der Waals surface area contributed by atoms with Gasteiger partial charge in [0.15, 0.2) is 6.29 Å². The van der Waals surface area contributed by atoms with Gasteiger partial charge in [0.1, 0.15) is 11.3 Å².